The molecule has 0 unspecified atom stereocenters. The zero-order valence-corrected chi connectivity index (χ0v) is 11.6. The number of ether oxygens (including phenoxy) is 3. The first-order valence-electron chi connectivity index (χ1n) is 6.70. The van der Waals surface area contributed by atoms with E-state index in [1.165, 1.54) is 18.2 Å². The number of carbonyl (C=O) groups excluding carboxylic acids is 1. The second-order valence-corrected chi connectivity index (χ2v) is 5.30. The predicted octanol–water partition coefficient (Wildman–Crippen LogP) is -0.450. The van der Waals surface area contributed by atoms with Crippen LogP contribution in [-0.4, -0.2) is 41.8 Å². The van der Waals surface area contributed by atoms with Crippen LogP contribution in [0.2, 0.25) is 0 Å². The van der Waals surface area contributed by atoms with Gasteiger partial charge in [0.05, 0.1) is 18.8 Å². The number of hydrogen-bond acceptors (Lipinski definition) is 8. The summed E-state index contributed by atoms with van der Waals surface area (Å²) in [6.45, 7) is 0.302. The molecule has 2 aliphatic rings. The summed E-state index contributed by atoms with van der Waals surface area (Å²) >= 11 is 0. The van der Waals surface area contributed by atoms with Gasteiger partial charge in [-0.25, -0.2) is 4.79 Å². The van der Waals surface area contributed by atoms with Crippen LogP contribution in [0.5, 0.6) is 5.75 Å². The van der Waals surface area contributed by atoms with Crippen LogP contribution in [0, 0.1) is 11.3 Å². The number of nitriles is 1. The molecule has 8 heteroatoms. The molecule has 0 radical (unpaired) electrons. The van der Waals surface area contributed by atoms with E-state index >= 15 is 0 Å². The van der Waals surface area contributed by atoms with Crippen LogP contribution in [0.25, 0.3) is 0 Å². The molecule has 1 aromatic rings. The van der Waals surface area contributed by atoms with Crippen molar-refractivity contribution in [2.24, 2.45) is 11.5 Å². The maximum absolute atomic E-state index is 12.3. The number of benzene rings is 1. The summed E-state index contributed by atoms with van der Waals surface area (Å²) in [5, 5.41) is 18.7. The highest BCUT2D eigenvalue weighted by Crippen LogP contribution is 2.40. The van der Waals surface area contributed by atoms with E-state index in [4.69, 9.17) is 30.9 Å². The van der Waals surface area contributed by atoms with Crippen LogP contribution >= 0.6 is 0 Å². The Kier molecular flexibility index (Phi) is 3.30. The van der Waals surface area contributed by atoms with Crippen molar-refractivity contribution in [1.82, 2.24) is 0 Å². The maximum Gasteiger partial charge on any atom is 0.340 e. The monoisotopic (exact) mass is 305 g/mol. The number of carbonyl (C=O) groups is 1. The Morgan fingerprint density at radius 3 is 2.95 bits per heavy atom. The van der Waals surface area contributed by atoms with Crippen molar-refractivity contribution in [1.29, 1.82) is 5.26 Å². The number of rotatable bonds is 2. The lowest BCUT2D eigenvalue weighted by molar-refractivity contribution is -0.111. The Hall–Kier alpha value is -2.18. The number of aromatic hydroxyl groups is 1. The first kappa shape index (κ1) is 14.7. The molecule has 2 saturated heterocycles. The predicted molar refractivity (Wildman–Crippen MR) is 72.4 cm³/mol. The molecular formula is C14H15N3O5. The van der Waals surface area contributed by atoms with Gasteiger partial charge in [0, 0.05) is 6.42 Å². The van der Waals surface area contributed by atoms with Crippen LogP contribution in [0.15, 0.2) is 18.2 Å². The van der Waals surface area contributed by atoms with Gasteiger partial charge < -0.3 is 19.3 Å². The quantitative estimate of drug-likeness (QED) is 0.624. The Morgan fingerprint density at radius 1 is 1.45 bits per heavy atom. The molecule has 2 aliphatic heterocycles. The van der Waals surface area contributed by atoms with Gasteiger partial charge in [0.25, 0.3) is 0 Å². The van der Waals surface area contributed by atoms with Crippen LogP contribution in [0.1, 0.15) is 22.3 Å². The number of phenolic OH excluding ortho intramolecular Hbond substituents is 1. The molecule has 116 valence electrons. The number of fused-ring (bicyclic) bond motifs is 1. The number of hydrogen-bond donors (Lipinski definition) is 3. The lowest BCUT2D eigenvalue weighted by Gasteiger charge is -2.33. The average Bonchev–Trinajstić information content (AvgIpc) is 2.90. The van der Waals surface area contributed by atoms with E-state index in [-0.39, 0.29) is 23.5 Å². The normalized spacial score (nSPS) is 33.2. The SMILES string of the molecule is N#Cc1c(O)cccc1C(=O)O[C@@H]1CO[C@]2(N)CCO[C@]12N. The second-order valence-electron chi connectivity index (χ2n) is 5.30. The third-order valence-corrected chi connectivity index (χ3v) is 4.07. The summed E-state index contributed by atoms with van der Waals surface area (Å²) in [5.41, 5.74) is 9.29. The fraction of sp³-hybridized carbons (Fsp3) is 0.429. The van der Waals surface area contributed by atoms with Crippen molar-refractivity contribution in [3.05, 3.63) is 29.3 Å². The Bertz CT molecular complexity index is 673. The van der Waals surface area contributed by atoms with Crippen LogP contribution in [0.4, 0.5) is 0 Å². The third kappa shape index (κ3) is 1.95. The smallest absolute Gasteiger partial charge is 0.340 e. The maximum atomic E-state index is 12.3. The van der Waals surface area contributed by atoms with Gasteiger partial charge in [0.1, 0.15) is 17.4 Å². The minimum atomic E-state index is -1.42. The van der Waals surface area contributed by atoms with Gasteiger partial charge in [-0.15, -0.1) is 0 Å². The van der Waals surface area contributed by atoms with Gasteiger partial charge in [-0.3, -0.25) is 11.5 Å². The summed E-state index contributed by atoms with van der Waals surface area (Å²) in [7, 11) is 0. The zero-order valence-electron chi connectivity index (χ0n) is 11.6. The fourth-order valence-electron chi connectivity index (χ4n) is 2.73. The van der Waals surface area contributed by atoms with Crippen LogP contribution in [0.3, 0.4) is 0 Å². The summed E-state index contributed by atoms with van der Waals surface area (Å²) in [6, 6.07) is 5.89. The van der Waals surface area contributed by atoms with Crippen molar-refractivity contribution in [3.63, 3.8) is 0 Å². The molecule has 5 N–H and O–H groups in total. The van der Waals surface area contributed by atoms with E-state index in [1.54, 1.807) is 6.07 Å². The summed E-state index contributed by atoms with van der Waals surface area (Å²) < 4.78 is 16.2. The Balaban J connectivity index is 1.85. The number of esters is 1. The third-order valence-electron chi connectivity index (χ3n) is 4.07. The van der Waals surface area contributed by atoms with Crippen molar-refractivity contribution in [3.8, 4) is 11.8 Å². The highest BCUT2D eigenvalue weighted by atomic mass is 16.7. The molecule has 0 aliphatic carbocycles. The molecule has 0 bridgehead atoms. The number of nitrogens with two attached hydrogens (primary N) is 2. The first-order valence-corrected chi connectivity index (χ1v) is 6.70. The molecule has 3 rings (SSSR count). The molecule has 2 heterocycles. The van der Waals surface area contributed by atoms with E-state index in [9.17, 15) is 9.90 Å². The highest BCUT2D eigenvalue weighted by molar-refractivity contribution is 5.93. The highest BCUT2D eigenvalue weighted by Gasteiger charge is 2.64. The minimum Gasteiger partial charge on any atom is -0.507 e. The molecule has 0 saturated carbocycles. The standard InChI is InChI=1S/C14H15N3O5/c15-6-9-8(2-1-3-10(9)18)12(19)22-11-7-21-13(16)4-5-20-14(11,13)17/h1-3,11,18H,4-5,7,16-17H2/t11-,13-,14-/m1/s1. The molecule has 8 nitrogen and oxygen atoms in total. The lowest BCUT2D eigenvalue weighted by Crippen LogP contribution is -2.65. The van der Waals surface area contributed by atoms with Crippen molar-refractivity contribution < 1.29 is 24.1 Å². The number of phenols is 1. The van der Waals surface area contributed by atoms with Gasteiger partial charge in [-0.1, -0.05) is 6.07 Å². The van der Waals surface area contributed by atoms with Crippen molar-refractivity contribution in [2.45, 2.75) is 24.0 Å². The van der Waals surface area contributed by atoms with E-state index in [2.05, 4.69) is 0 Å². The largest absolute Gasteiger partial charge is 0.507 e. The minimum absolute atomic E-state index is 0.000553. The number of nitrogens with zero attached hydrogens (tertiary/aromatic N) is 1. The molecule has 0 amide bonds. The lowest BCUT2D eigenvalue weighted by atomic mass is 9.98. The van der Waals surface area contributed by atoms with Crippen LogP contribution in [-0.2, 0) is 14.2 Å². The van der Waals surface area contributed by atoms with Crippen molar-refractivity contribution >= 4 is 5.97 Å². The first-order chi connectivity index (χ1) is 10.4. The van der Waals surface area contributed by atoms with Gasteiger partial charge in [-0.2, -0.15) is 5.26 Å². The molecule has 0 aromatic heterocycles. The van der Waals surface area contributed by atoms with E-state index in [1.807, 2.05) is 0 Å². The Morgan fingerprint density at radius 2 is 2.23 bits per heavy atom. The fourth-order valence-corrected chi connectivity index (χ4v) is 2.73. The molecule has 0 spiro atoms. The van der Waals surface area contributed by atoms with Crippen LogP contribution < -0.4 is 11.5 Å². The zero-order chi connectivity index (χ0) is 16.0. The molecule has 2 fully saturated rings. The van der Waals surface area contributed by atoms with E-state index in [0.29, 0.717) is 13.0 Å². The summed E-state index contributed by atoms with van der Waals surface area (Å²) in [6.07, 6.45) is -0.506. The van der Waals surface area contributed by atoms with Gasteiger partial charge in [0.2, 0.25) is 0 Å². The van der Waals surface area contributed by atoms with Gasteiger partial charge in [-0.05, 0) is 12.1 Å². The van der Waals surface area contributed by atoms with Crippen molar-refractivity contribution in [2.75, 3.05) is 13.2 Å². The Labute approximate surface area is 126 Å². The molecular weight excluding hydrogens is 290 g/mol. The molecule has 3 atom stereocenters. The van der Waals surface area contributed by atoms with Gasteiger partial charge in [0.15, 0.2) is 17.6 Å². The van der Waals surface area contributed by atoms with Gasteiger partial charge >= 0.3 is 5.97 Å². The topological polar surface area (TPSA) is 141 Å². The molecule has 22 heavy (non-hydrogen) atoms. The summed E-state index contributed by atoms with van der Waals surface area (Å²) in [5.74, 6) is -1.10. The van der Waals surface area contributed by atoms with E-state index in [0.717, 1.165) is 0 Å². The summed E-state index contributed by atoms with van der Waals surface area (Å²) in [4.78, 5) is 12.3. The molecule has 1 aromatic carbocycles. The second kappa shape index (κ2) is 4.93. The van der Waals surface area contributed by atoms with E-state index < -0.39 is 23.5 Å². The average molecular weight is 305 g/mol.